The lowest BCUT2D eigenvalue weighted by Crippen LogP contribution is -2.18. The molecule has 3 aromatic rings. The minimum atomic E-state index is -3.83. The second kappa shape index (κ2) is 9.60. The van der Waals surface area contributed by atoms with E-state index < -0.39 is 16.0 Å². The van der Waals surface area contributed by atoms with Crippen molar-refractivity contribution in [2.45, 2.75) is 18.7 Å². The van der Waals surface area contributed by atoms with E-state index in [4.69, 9.17) is 16.7 Å². The number of nitrogens with zero attached hydrogens (tertiary/aromatic N) is 3. The van der Waals surface area contributed by atoms with Crippen molar-refractivity contribution < 1.29 is 18.3 Å². The molecule has 0 unspecified atom stereocenters. The summed E-state index contributed by atoms with van der Waals surface area (Å²) in [5.74, 6) is 4.69. The van der Waals surface area contributed by atoms with Crippen molar-refractivity contribution in [3.63, 3.8) is 0 Å². The first-order valence-electron chi connectivity index (χ1n) is 9.15. The van der Waals surface area contributed by atoms with Gasteiger partial charge in [0.15, 0.2) is 0 Å². The summed E-state index contributed by atoms with van der Waals surface area (Å²) in [6.45, 7) is 3.58. The van der Waals surface area contributed by atoms with Gasteiger partial charge in [0.25, 0.3) is 10.0 Å². The first-order chi connectivity index (χ1) is 15.2. The Hall–Kier alpha value is -3.74. The number of rotatable bonds is 5. The van der Waals surface area contributed by atoms with E-state index in [-0.39, 0.29) is 15.7 Å². The Morgan fingerprint density at radius 2 is 1.75 bits per heavy atom. The van der Waals surface area contributed by atoms with E-state index in [0.717, 1.165) is 5.56 Å². The number of hydrazone groups is 1. The molecular formula is C22H17ClN4O4S. The predicted octanol–water partition coefficient (Wildman–Crippen LogP) is 3.16. The third-order valence-electron chi connectivity index (χ3n) is 4.27. The summed E-state index contributed by atoms with van der Waals surface area (Å²) in [5.41, 5.74) is 2.92. The Labute approximate surface area is 190 Å². The first-order valence-corrected chi connectivity index (χ1v) is 11.0. The highest BCUT2D eigenvalue weighted by Crippen LogP contribution is 2.13. The molecule has 2 heterocycles. The Balaban J connectivity index is 1.86. The number of pyridine rings is 2. The second-order valence-corrected chi connectivity index (χ2v) is 8.75. The zero-order chi connectivity index (χ0) is 23.3. The maximum Gasteiger partial charge on any atom is 0.354 e. The van der Waals surface area contributed by atoms with Crippen LogP contribution in [0.25, 0.3) is 0 Å². The van der Waals surface area contributed by atoms with Gasteiger partial charge in [-0.3, -0.25) is 0 Å². The van der Waals surface area contributed by atoms with Gasteiger partial charge >= 0.3 is 5.97 Å². The monoisotopic (exact) mass is 468 g/mol. The molecule has 0 aliphatic heterocycles. The van der Waals surface area contributed by atoms with Crippen LogP contribution in [0.5, 0.6) is 0 Å². The molecule has 1 aromatic carbocycles. The number of sulfonamides is 1. The standard InChI is InChI=1S/C22H17ClN4O4S/c1-14-3-7-19(8-4-14)32(30,31)27-26-13-18-10-21(23)25-12-17(18)6-5-16-11-24-20(22(28)29)9-15(16)2/h3-4,7-13,27H,1-2H3,(H,28,29). The number of hydrogen-bond acceptors (Lipinski definition) is 6. The number of aromatic carboxylic acids is 1. The SMILES string of the molecule is Cc1ccc(S(=O)(=O)NN=Cc2cc(Cl)ncc2C#Cc2cnc(C(=O)O)cc2C)cc1. The highest BCUT2D eigenvalue weighted by atomic mass is 35.5. The summed E-state index contributed by atoms with van der Waals surface area (Å²) < 4.78 is 24.7. The van der Waals surface area contributed by atoms with Crippen molar-refractivity contribution in [3.05, 3.63) is 87.5 Å². The quantitative estimate of drug-likeness (QED) is 0.257. The van der Waals surface area contributed by atoms with E-state index >= 15 is 0 Å². The van der Waals surface area contributed by atoms with Crippen LogP contribution in [-0.2, 0) is 10.0 Å². The summed E-state index contributed by atoms with van der Waals surface area (Å²) in [4.78, 5) is 21.1. The molecule has 0 radical (unpaired) electrons. The third kappa shape index (κ3) is 5.69. The molecule has 10 heteroatoms. The van der Waals surface area contributed by atoms with Crippen LogP contribution in [0, 0.1) is 25.7 Å². The van der Waals surface area contributed by atoms with E-state index in [2.05, 4.69) is 31.7 Å². The number of carboxylic acid groups (broad SMARTS) is 1. The first kappa shape index (κ1) is 22.9. The van der Waals surface area contributed by atoms with Gasteiger partial charge in [-0.15, -0.1) is 0 Å². The molecule has 0 atom stereocenters. The van der Waals surface area contributed by atoms with Crippen LogP contribution in [0.15, 0.2) is 58.8 Å². The van der Waals surface area contributed by atoms with Gasteiger partial charge in [0.05, 0.1) is 16.7 Å². The fourth-order valence-corrected chi connectivity index (χ4v) is 3.49. The highest BCUT2D eigenvalue weighted by Gasteiger charge is 2.12. The Morgan fingerprint density at radius 3 is 2.41 bits per heavy atom. The van der Waals surface area contributed by atoms with Crippen LogP contribution < -0.4 is 4.83 Å². The van der Waals surface area contributed by atoms with Crippen molar-refractivity contribution in [2.75, 3.05) is 0 Å². The van der Waals surface area contributed by atoms with Gasteiger partial charge in [-0.2, -0.15) is 13.5 Å². The molecule has 0 fully saturated rings. The number of benzene rings is 1. The van der Waals surface area contributed by atoms with Gasteiger partial charge in [-0.05, 0) is 43.7 Å². The van der Waals surface area contributed by atoms with Gasteiger partial charge < -0.3 is 5.11 Å². The van der Waals surface area contributed by atoms with Gasteiger partial charge in [0, 0.05) is 23.5 Å². The summed E-state index contributed by atoms with van der Waals surface area (Å²) in [6, 6.07) is 9.27. The molecule has 0 saturated heterocycles. The molecule has 0 aliphatic carbocycles. The van der Waals surface area contributed by atoms with Gasteiger partial charge in [0.2, 0.25) is 0 Å². The van der Waals surface area contributed by atoms with Gasteiger partial charge in [0.1, 0.15) is 10.8 Å². The van der Waals surface area contributed by atoms with E-state index in [9.17, 15) is 13.2 Å². The molecule has 8 nitrogen and oxygen atoms in total. The topological polar surface area (TPSA) is 122 Å². The van der Waals surface area contributed by atoms with Crippen LogP contribution in [0.4, 0.5) is 0 Å². The Bertz CT molecular complexity index is 1380. The number of nitrogens with one attached hydrogen (secondary N) is 1. The molecule has 0 amide bonds. The molecule has 162 valence electrons. The zero-order valence-electron chi connectivity index (χ0n) is 17.0. The summed E-state index contributed by atoms with van der Waals surface area (Å²) in [5, 5.41) is 13.0. The van der Waals surface area contributed by atoms with Crippen molar-refractivity contribution >= 4 is 33.8 Å². The number of aryl methyl sites for hydroxylation is 2. The third-order valence-corrected chi connectivity index (χ3v) is 5.72. The minimum Gasteiger partial charge on any atom is -0.477 e. The molecule has 2 aromatic heterocycles. The molecule has 32 heavy (non-hydrogen) atoms. The maximum absolute atomic E-state index is 12.4. The zero-order valence-corrected chi connectivity index (χ0v) is 18.6. The molecule has 0 aliphatic rings. The van der Waals surface area contributed by atoms with E-state index in [1.54, 1.807) is 19.1 Å². The second-order valence-electron chi connectivity index (χ2n) is 6.70. The lowest BCUT2D eigenvalue weighted by Gasteiger charge is -2.04. The number of hydrogen-bond donors (Lipinski definition) is 2. The number of carbonyl (C=O) groups is 1. The lowest BCUT2D eigenvalue weighted by atomic mass is 10.1. The summed E-state index contributed by atoms with van der Waals surface area (Å²) >= 11 is 5.96. The molecule has 0 spiro atoms. The molecular weight excluding hydrogens is 452 g/mol. The lowest BCUT2D eigenvalue weighted by molar-refractivity contribution is 0.0690. The van der Waals surface area contributed by atoms with E-state index in [0.29, 0.717) is 22.3 Å². The molecule has 2 N–H and O–H groups in total. The predicted molar refractivity (Wildman–Crippen MR) is 120 cm³/mol. The van der Waals surface area contributed by atoms with Crippen LogP contribution in [0.1, 0.15) is 38.3 Å². The highest BCUT2D eigenvalue weighted by molar-refractivity contribution is 7.89. The average Bonchev–Trinajstić information content (AvgIpc) is 2.74. The van der Waals surface area contributed by atoms with Crippen molar-refractivity contribution in [1.82, 2.24) is 14.8 Å². The number of carboxylic acids is 1. The fraction of sp³-hybridized carbons (Fsp3) is 0.0909. The molecule has 3 rings (SSSR count). The average molecular weight is 469 g/mol. The van der Waals surface area contributed by atoms with Crippen LogP contribution in [0.2, 0.25) is 5.15 Å². The fourth-order valence-electron chi connectivity index (χ4n) is 2.53. The van der Waals surface area contributed by atoms with Crippen molar-refractivity contribution in [1.29, 1.82) is 0 Å². The molecule has 0 saturated carbocycles. The van der Waals surface area contributed by atoms with Crippen LogP contribution >= 0.6 is 11.6 Å². The van der Waals surface area contributed by atoms with Crippen LogP contribution in [-0.4, -0.2) is 35.7 Å². The van der Waals surface area contributed by atoms with Crippen molar-refractivity contribution in [2.24, 2.45) is 5.10 Å². The Kier molecular flexibility index (Phi) is 6.88. The van der Waals surface area contributed by atoms with Gasteiger partial charge in [-0.1, -0.05) is 41.1 Å². The number of aromatic nitrogens is 2. The summed E-state index contributed by atoms with van der Waals surface area (Å²) in [7, 11) is -3.83. The largest absolute Gasteiger partial charge is 0.477 e. The smallest absolute Gasteiger partial charge is 0.354 e. The maximum atomic E-state index is 12.4. The summed E-state index contributed by atoms with van der Waals surface area (Å²) in [6.07, 6.45) is 4.08. The van der Waals surface area contributed by atoms with Gasteiger partial charge in [-0.25, -0.2) is 19.6 Å². The van der Waals surface area contributed by atoms with Crippen LogP contribution in [0.3, 0.4) is 0 Å². The molecule has 0 bridgehead atoms. The minimum absolute atomic E-state index is 0.0742. The Morgan fingerprint density at radius 1 is 1.09 bits per heavy atom. The van der Waals surface area contributed by atoms with E-state index in [1.807, 2.05) is 6.92 Å². The van der Waals surface area contributed by atoms with E-state index in [1.165, 1.54) is 42.9 Å². The number of halogens is 1. The normalized spacial score (nSPS) is 11.1. The van der Waals surface area contributed by atoms with Crippen molar-refractivity contribution in [3.8, 4) is 11.8 Å².